The van der Waals surface area contributed by atoms with Gasteiger partial charge in [0.05, 0.1) is 17.7 Å². The van der Waals surface area contributed by atoms with E-state index in [9.17, 15) is 4.79 Å². The second-order valence-corrected chi connectivity index (χ2v) is 4.52. The number of esters is 1. The van der Waals surface area contributed by atoms with Gasteiger partial charge in [0.15, 0.2) is 0 Å². The maximum Gasteiger partial charge on any atom is 0.376 e. The number of furan rings is 1. The third-order valence-electron chi connectivity index (χ3n) is 2.62. The van der Waals surface area contributed by atoms with Gasteiger partial charge in [-0.3, -0.25) is 0 Å². The molecule has 0 saturated carbocycles. The molecule has 0 aliphatic carbocycles. The second-order valence-electron chi connectivity index (χ2n) is 4.52. The Kier molecular flexibility index (Phi) is 3.50. The van der Waals surface area contributed by atoms with Gasteiger partial charge in [-0.15, -0.1) is 0 Å². The van der Waals surface area contributed by atoms with Crippen LogP contribution in [0.15, 0.2) is 22.7 Å². The molecular formula is C13H16N2O3. The molecule has 2 N–H and O–H groups in total. The molecular weight excluding hydrogens is 232 g/mol. The molecule has 0 amide bonds. The number of hydrogen-bond donors (Lipinski definition) is 1. The van der Waals surface area contributed by atoms with Gasteiger partial charge in [0, 0.05) is 6.20 Å². The van der Waals surface area contributed by atoms with Gasteiger partial charge in [-0.25, -0.2) is 9.78 Å². The molecule has 0 bridgehead atoms. The van der Waals surface area contributed by atoms with Gasteiger partial charge in [-0.2, -0.15) is 0 Å². The summed E-state index contributed by atoms with van der Waals surface area (Å²) in [5.74, 6) is -0.0221. The van der Waals surface area contributed by atoms with Gasteiger partial charge in [0.25, 0.3) is 0 Å². The average Bonchev–Trinajstić information content (AvgIpc) is 2.67. The van der Waals surface area contributed by atoms with Crippen molar-refractivity contribution in [3.63, 3.8) is 0 Å². The maximum atomic E-state index is 11.8. The summed E-state index contributed by atoms with van der Waals surface area (Å²) in [4.78, 5) is 15.8. The Balaban J connectivity index is 2.15. The minimum atomic E-state index is -0.536. The zero-order valence-electron chi connectivity index (χ0n) is 10.5. The van der Waals surface area contributed by atoms with Crippen LogP contribution in [-0.2, 0) is 4.74 Å². The van der Waals surface area contributed by atoms with Crippen LogP contribution in [0.2, 0.25) is 0 Å². The van der Waals surface area contributed by atoms with Gasteiger partial charge < -0.3 is 14.9 Å². The molecule has 2 heterocycles. The molecule has 96 valence electrons. The van der Waals surface area contributed by atoms with Crippen LogP contribution in [0, 0.1) is 5.92 Å². The molecule has 0 fully saturated rings. The number of carbonyl (C=O) groups is 1. The van der Waals surface area contributed by atoms with E-state index in [0.29, 0.717) is 23.6 Å². The van der Waals surface area contributed by atoms with E-state index < -0.39 is 5.97 Å². The van der Waals surface area contributed by atoms with Crippen LogP contribution in [0.25, 0.3) is 11.1 Å². The smallest absolute Gasteiger partial charge is 0.376 e. The van der Waals surface area contributed by atoms with Crippen LogP contribution >= 0.6 is 0 Å². The predicted octanol–water partition coefficient (Wildman–Crippen LogP) is 2.61. The van der Waals surface area contributed by atoms with E-state index in [1.54, 1.807) is 18.3 Å². The Morgan fingerprint density at radius 3 is 3.00 bits per heavy atom. The highest BCUT2D eigenvalue weighted by atomic mass is 16.5. The van der Waals surface area contributed by atoms with E-state index in [1.165, 1.54) is 0 Å². The van der Waals surface area contributed by atoms with Gasteiger partial charge in [-0.05, 0) is 24.5 Å². The zero-order valence-corrected chi connectivity index (χ0v) is 10.5. The lowest BCUT2D eigenvalue weighted by Crippen LogP contribution is -2.08. The summed E-state index contributed by atoms with van der Waals surface area (Å²) >= 11 is 0. The van der Waals surface area contributed by atoms with Crippen LogP contribution in [0.4, 0.5) is 5.69 Å². The SMILES string of the molecule is CC(C)CCOC(=O)c1oc2ncccc2c1N. The first kappa shape index (κ1) is 12.4. The molecule has 0 aliphatic rings. The summed E-state index contributed by atoms with van der Waals surface area (Å²) < 4.78 is 10.4. The number of nitrogens with zero attached hydrogens (tertiary/aromatic N) is 1. The molecule has 18 heavy (non-hydrogen) atoms. The van der Waals surface area contributed by atoms with Gasteiger partial charge in [-0.1, -0.05) is 13.8 Å². The fourth-order valence-electron chi connectivity index (χ4n) is 1.56. The lowest BCUT2D eigenvalue weighted by Gasteiger charge is -2.05. The molecule has 0 atom stereocenters. The van der Waals surface area contributed by atoms with Crippen LogP contribution < -0.4 is 5.73 Å². The van der Waals surface area contributed by atoms with Gasteiger partial charge in [0.1, 0.15) is 0 Å². The van der Waals surface area contributed by atoms with Crippen LogP contribution in [0.3, 0.4) is 0 Å². The molecule has 5 nitrogen and oxygen atoms in total. The monoisotopic (exact) mass is 248 g/mol. The molecule has 5 heteroatoms. The fourth-order valence-corrected chi connectivity index (χ4v) is 1.56. The minimum Gasteiger partial charge on any atom is -0.460 e. The molecule has 2 aromatic heterocycles. The fraction of sp³-hybridized carbons (Fsp3) is 0.385. The summed E-state index contributed by atoms with van der Waals surface area (Å²) in [7, 11) is 0. The number of anilines is 1. The van der Waals surface area contributed by atoms with E-state index >= 15 is 0 Å². The predicted molar refractivity (Wildman–Crippen MR) is 68.2 cm³/mol. The number of pyridine rings is 1. The lowest BCUT2D eigenvalue weighted by atomic mass is 10.1. The number of ether oxygens (including phenoxy) is 1. The normalized spacial score (nSPS) is 11.1. The highest BCUT2D eigenvalue weighted by Gasteiger charge is 2.20. The van der Waals surface area contributed by atoms with Gasteiger partial charge >= 0.3 is 5.97 Å². The molecule has 0 aliphatic heterocycles. The Morgan fingerprint density at radius 1 is 1.56 bits per heavy atom. The Hall–Kier alpha value is -2.04. The lowest BCUT2D eigenvalue weighted by molar-refractivity contribution is 0.0456. The van der Waals surface area contributed by atoms with E-state index in [1.807, 2.05) is 0 Å². The average molecular weight is 248 g/mol. The van der Waals surface area contributed by atoms with Crippen molar-refractivity contribution in [1.82, 2.24) is 4.98 Å². The van der Waals surface area contributed by atoms with E-state index in [2.05, 4.69) is 18.8 Å². The summed E-state index contributed by atoms with van der Waals surface area (Å²) in [6.45, 7) is 4.49. The first-order chi connectivity index (χ1) is 8.59. The third-order valence-corrected chi connectivity index (χ3v) is 2.62. The van der Waals surface area contributed by atoms with Crippen molar-refractivity contribution in [3.05, 3.63) is 24.1 Å². The number of nitrogen functional groups attached to an aromatic ring is 1. The summed E-state index contributed by atoms with van der Waals surface area (Å²) in [5.41, 5.74) is 6.47. The van der Waals surface area contributed by atoms with E-state index in [4.69, 9.17) is 14.9 Å². The number of aromatic nitrogens is 1. The summed E-state index contributed by atoms with van der Waals surface area (Å²) in [6, 6.07) is 3.49. The Labute approximate surface area is 105 Å². The standard InChI is InChI=1S/C13H16N2O3/c1-8(2)5-7-17-13(16)11-10(14)9-4-3-6-15-12(9)18-11/h3-4,6,8H,5,7,14H2,1-2H3. The minimum absolute atomic E-state index is 0.0347. The number of carbonyl (C=O) groups excluding carboxylic acids is 1. The van der Waals surface area contributed by atoms with E-state index in [0.717, 1.165) is 6.42 Å². The molecule has 0 aromatic carbocycles. The second kappa shape index (κ2) is 5.08. The van der Waals surface area contributed by atoms with Crippen LogP contribution in [0.5, 0.6) is 0 Å². The quantitative estimate of drug-likeness (QED) is 0.841. The summed E-state index contributed by atoms with van der Waals surface area (Å²) in [5, 5.41) is 0.633. The van der Waals surface area contributed by atoms with Gasteiger partial charge in [0.2, 0.25) is 11.5 Å². The number of hydrogen-bond acceptors (Lipinski definition) is 5. The number of rotatable bonds is 4. The van der Waals surface area contributed by atoms with Crippen molar-refractivity contribution in [1.29, 1.82) is 0 Å². The molecule has 0 spiro atoms. The largest absolute Gasteiger partial charge is 0.460 e. The van der Waals surface area contributed by atoms with Crippen molar-refractivity contribution in [2.75, 3.05) is 12.3 Å². The zero-order chi connectivity index (χ0) is 13.1. The maximum absolute atomic E-state index is 11.8. The number of nitrogens with two attached hydrogens (primary N) is 1. The Bertz CT molecular complexity index is 560. The van der Waals surface area contributed by atoms with Crippen molar-refractivity contribution in [2.24, 2.45) is 5.92 Å². The highest BCUT2D eigenvalue weighted by Crippen LogP contribution is 2.26. The molecule has 2 rings (SSSR count). The van der Waals surface area contributed by atoms with Crippen molar-refractivity contribution >= 4 is 22.8 Å². The van der Waals surface area contributed by atoms with Crippen LogP contribution in [-0.4, -0.2) is 17.6 Å². The van der Waals surface area contributed by atoms with Crippen molar-refractivity contribution in [2.45, 2.75) is 20.3 Å². The van der Waals surface area contributed by atoms with Crippen LogP contribution in [0.1, 0.15) is 30.8 Å². The molecule has 2 aromatic rings. The Morgan fingerprint density at radius 2 is 2.33 bits per heavy atom. The first-order valence-corrected chi connectivity index (χ1v) is 5.89. The summed E-state index contributed by atoms with van der Waals surface area (Å²) in [6.07, 6.45) is 2.39. The first-order valence-electron chi connectivity index (χ1n) is 5.89. The molecule has 0 saturated heterocycles. The highest BCUT2D eigenvalue weighted by molar-refractivity contribution is 6.02. The third kappa shape index (κ3) is 2.45. The topological polar surface area (TPSA) is 78.3 Å². The molecule has 0 radical (unpaired) electrons. The van der Waals surface area contributed by atoms with E-state index in [-0.39, 0.29) is 11.4 Å². The van der Waals surface area contributed by atoms with Crippen molar-refractivity contribution in [3.8, 4) is 0 Å². The number of fused-ring (bicyclic) bond motifs is 1. The van der Waals surface area contributed by atoms with Crippen molar-refractivity contribution < 1.29 is 13.9 Å². The molecule has 0 unspecified atom stereocenters.